The van der Waals surface area contributed by atoms with Gasteiger partial charge in [-0.3, -0.25) is 4.98 Å². The van der Waals surface area contributed by atoms with Crippen molar-refractivity contribution in [2.75, 3.05) is 0 Å². The number of hydrogen-bond acceptors (Lipinski definition) is 1. The molecule has 1 heterocycles. The summed E-state index contributed by atoms with van der Waals surface area (Å²) in [4.78, 5) is 4.35. The minimum absolute atomic E-state index is 0.727. The SMILES string of the molecule is C=Cc1ncccc1C1CCCCC1. The lowest BCUT2D eigenvalue weighted by Crippen LogP contribution is -2.06. The molecule has 1 aliphatic rings. The highest BCUT2D eigenvalue weighted by atomic mass is 14.7. The highest BCUT2D eigenvalue weighted by Crippen LogP contribution is 2.33. The van der Waals surface area contributed by atoms with Crippen LogP contribution in [0.3, 0.4) is 0 Å². The van der Waals surface area contributed by atoms with E-state index < -0.39 is 0 Å². The first-order valence-corrected chi connectivity index (χ1v) is 5.49. The van der Waals surface area contributed by atoms with E-state index in [0.29, 0.717) is 0 Å². The molecule has 1 aromatic heterocycles. The molecule has 0 aromatic carbocycles. The lowest BCUT2D eigenvalue weighted by molar-refractivity contribution is 0.442. The summed E-state index contributed by atoms with van der Waals surface area (Å²) in [6.45, 7) is 3.82. The lowest BCUT2D eigenvalue weighted by atomic mass is 9.83. The van der Waals surface area contributed by atoms with Crippen molar-refractivity contribution in [1.82, 2.24) is 4.98 Å². The normalized spacial score (nSPS) is 18.0. The molecular formula is C13H17N. The Labute approximate surface area is 85.9 Å². The minimum Gasteiger partial charge on any atom is -0.257 e. The van der Waals surface area contributed by atoms with E-state index in [1.54, 1.807) is 0 Å². The van der Waals surface area contributed by atoms with Crippen LogP contribution in [0.2, 0.25) is 0 Å². The zero-order valence-corrected chi connectivity index (χ0v) is 8.58. The molecule has 1 aliphatic carbocycles. The van der Waals surface area contributed by atoms with E-state index in [1.807, 2.05) is 18.3 Å². The zero-order valence-electron chi connectivity index (χ0n) is 8.58. The van der Waals surface area contributed by atoms with Gasteiger partial charge in [0.1, 0.15) is 0 Å². The van der Waals surface area contributed by atoms with Crippen LogP contribution < -0.4 is 0 Å². The van der Waals surface area contributed by atoms with Gasteiger partial charge in [-0.05, 0) is 36.5 Å². The minimum atomic E-state index is 0.727. The zero-order chi connectivity index (χ0) is 9.80. The topological polar surface area (TPSA) is 12.9 Å². The van der Waals surface area contributed by atoms with Crippen molar-refractivity contribution in [3.05, 3.63) is 36.2 Å². The van der Waals surface area contributed by atoms with Crippen molar-refractivity contribution in [2.24, 2.45) is 0 Å². The van der Waals surface area contributed by atoms with Gasteiger partial charge in [0.25, 0.3) is 0 Å². The molecule has 0 aliphatic heterocycles. The third kappa shape index (κ3) is 1.87. The Kier molecular flexibility index (Phi) is 2.97. The second-order valence-electron chi connectivity index (χ2n) is 4.02. The van der Waals surface area contributed by atoms with E-state index in [2.05, 4.69) is 17.6 Å². The first-order valence-electron chi connectivity index (χ1n) is 5.49. The molecule has 2 rings (SSSR count). The Hall–Kier alpha value is -1.11. The van der Waals surface area contributed by atoms with E-state index >= 15 is 0 Å². The fourth-order valence-corrected chi connectivity index (χ4v) is 2.36. The fourth-order valence-electron chi connectivity index (χ4n) is 2.36. The molecule has 0 spiro atoms. The summed E-state index contributed by atoms with van der Waals surface area (Å²) >= 11 is 0. The summed E-state index contributed by atoms with van der Waals surface area (Å²) in [5.74, 6) is 0.727. The van der Waals surface area contributed by atoms with Gasteiger partial charge in [0.15, 0.2) is 0 Å². The van der Waals surface area contributed by atoms with Gasteiger partial charge >= 0.3 is 0 Å². The quantitative estimate of drug-likeness (QED) is 0.686. The number of rotatable bonds is 2. The van der Waals surface area contributed by atoms with E-state index in [-0.39, 0.29) is 0 Å². The standard InChI is InChI=1S/C13H17N/c1-2-13-12(9-6-10-14-13)11-7-4-3-5-8-11/h2,6,9-11H,1,3-5,7-8H2. The molecule has 1 aromatic rings. The smallest absolute Gasteiger partial charge is 0.0658 e. The second-order valence-corrected chi connectivity index (χ2v) is 4.02. The van der Waals surface area contributed by atoms with E-state index in [0.717, 1.165) is 11.6 Å². The predicted octanol–water partition coefficient (Wildman–Crippen LogP) is 3.77. The molecule has 74 valence electrons. The maximum absolute atomic E-state index is 4.35. The monoisotopic (exact) mass is 187 g/mol. The molecule has 0 N–H and O–H groups in total. The third-order valence-corrected chi connectivity index (χ3v) is 3.11. The van der Waals surface area contributed by atoms with Gasteiger partial charge in [0, 0.05) is 6.20 Å². The summed E-state index contributed by atoms with van der Waals surface area (Å²) in [7, 11) is 0. The van der Waals surface area contributed by atoms with Gasteiger partial charge in [0.05, 0.1) is 5.69 Å². The molecule has 1 nitrogen and oxygen atoms in total. The molecule has 1 saturated carbocycles. The van der Waals surface area contributed by atoms with Crippen molar-refractivity contribution < 1.29 is 0 Å². The van der Waals surface area contributed by atoms with Gasteiger partial charge in [-0.1, -0.05) is 31.9 Å². The molecule has 0 atom stereocenters. The molecule has 1 fully saturated rings. The van der Waals surface area contributed by atoms with Crippen molar-refractivity contribution in [2.45, 2.75) is 38.0 Å². The maximum Gasteiger partial charge on any atom is 0.0658 e. The van der Waals surface area contributed by atoms with Gasteiger partial charge in [0.2, 0.25) is 0 Å². The highest BCUT2D eigenvalue weighted by molar-refractivity contribution is 5.48. The Bertz CT molecular complexity index is 311. The summed E-state index contributed by atoms with van der Waals surface area (Å²) in [5, 5.41) is 0. The van der Waals surface area contributed by atoms with Crippen molar-refractivity contribution >= 4 is 6.08 Å². The first kappa shape index (κ1) is 9.45. The van der Waals surface area contributed by atoms with Crippen LogP contribution in [0.5, 0.6) is 0 Å². The van der Waals surface area contributed by atoms with Crippen LogP contribution in [0.4, 0.5) is 0 Å². The van der Waals surface area contributed by atoms with Crippen LogP contribution in [-0.4, -0.2) is 4.98 Å². The Morgan fingerprint density at radius 1 is 1.29 bits per heavy atom. The van der Waals surface area contributed by atoms with E-state index in [4.69, 9.17) is 0 Å². The summed E-state index contributed by atoms with van der Waals surface area (Å²) in [5.41, 5.74) is 2.49. The Morgan fingerprint density at radius 3 is 2.79 bits per heavy atom. The van der Waals surface area contributed by atoms with Gasteiger partial charge in [-0.2, -0.15) is 0 Å². The number of aromatic nitrogens is 1. The molecule has 1 heteroatoms. The summed E-state index contributed by atoms with van der Waals surface area (Å²) in [6, 6.07) is 4.25. The van der Waals surface area contributed by atoms with E-state index in [9.17, 15) is 0 Å². The molecule has 14 heavy (non-hydrogen) atoms. The van der Waals surface area contributed by atoms with Gasteiger partial charge in [-0.15, -0.1) is 0 Å². The van der Waals surface area contributed by atoms with Gasteiger partial charge < -0.3 is 0 Å². The molecule has 0 unspecified atom stereocenters. The summed E-state index contributed by atoms with van der Waals surface area (Å²) in [6.07, 6.45) is 10.5. The average molecular weight is 187 g/mol. The third-order valence-electron chi connectivity index (χ3n) is 3.11. The Balaban J connectivity index is 2.24. The molecular weight excluding hydrogens is 170 g/mol. The van der Waals surface area contributed by atoms with Crippen LogP contribution in [0.1, 0.15) is 49.3 Å². The van der Waals surface area contributed by atoms with Crippen molar-refractivity contribution in [1.29, 1.82) is 0 Å². The summed E-state index contributed by atoms with van der Waals surface area (Å²) < 4.78 is 0. The maximum atomic E-state index is 4.35. The lowest BCUT2D eigenvalue weighted by Gasteiger charge is -2.22. The largest absolute Gasteiger partial charge is 0.257 e. The van der Waals surface area contributed by atoms with Crippen LogP contribution in [0, 0.1) is 0 Å². The van der Waals surface area contributed by atoms with E-state index in [1.165, 1.54) is 37.7 Å². The fraction of sp³-hybridized carbons (Fsp3) is 0.462. The van der Waals surface area contributed by atoms with Gasteiger partial charge in [-0.25, -0.2) is 0 Å². The van der Waals surface area contributed by atoms with Crippen molar-refractivity contribution in [3.8, 4) is 0 Å². The van der Waals surface area contributed by atoms with Crippen LogP contribution in [0.15, 0.2) is 24.9 Å². The van der Waals surface area contributed by atoms with Crippen molar-refractivity contribution in [3.63, 3.8) is 0 Å². The predicted molar refractivity (Wildman–Crippen MR) is 60.2 cm³/mol. The number of pyridine rings is 1. The van der Waals surface area contributed by atoms with Crippen LogP contribution >= 0.6 is 0 Å². The highest BCUT2D eigenvalue weighted by Gasteiger charge is 2.17. The Morgan fingerprint density at radius 2 is 2.07 bits per heavy atom. The van der Waals surface area contributed by atoms with Crippen LogP contribution in [-0.2, 0) is 0 Å². The molecule has 0 amide bonds. The molecule has 0 saturated heterocycles. The first-order chi connectivity index (χ1) is 6.92. The van der Waals surface area contributed by atoms with Crippen LogP contribution in [0.25, 0.3) is 6.08 Å². The molecule has 0 radical (unpaired) electrons. The number of hydrogen-bond donors (Lipinski definition) is 0. The second kappa shape index (κ2) is 4.41. The average Bonchev–Trinajstić information content (AvgIpc) is 2.30. The number of nitrogens with zero attached hydrogens (tertiary/aromatic N) is 1. The molecule has 0 bridgehead atoms.